The van der Waals surface area contributed by atoms with Gasteiger partial charge in [-0.1, -0.05) is 30.6 Å². The van der Waals surface area contributed by atoms with Crippen molar-refractivity contribution in [3.8, 4) is 11.8 Å². The van der Waals surface area contributed by atoms with Crippen LogP contribution in [0.4, 0.5) is 0 Å². The summed E-state index contributed by atoms with van der Waals surface area (Å²) in [6.45, 7) is 10.0. The fourth-order valence-electron chi connectivity index (χ4n) is 2.41. The summed E-state index contributed by atoms with van der Waals surface area (Å²) in [6, 6.07) is 0. The van der Waals surface area contributed by atoms with Gasteiger partial charge < -0.3 is 20.1 Å². The third-order valence-corrected chi connectivity index (χ3v) is 3.73. The highest BCUT2D eigenvalue weighted by molar-refractivity contribution is 5.51. The van der Waals surface area contributed by atoms with Gasteiger partial charge in [0.2, 0.25) is 0 Å². The topological polar surface area (TPSA) is 42.5 Å². The number of hydrogen-bond donors (Lipinski definition) is 2. The van der Waals surface area contributed by atoms with Crippen LogP contribution in [0.25, 0.3) is 0 Å². The van der Waals surface area contributed by atoms with Crippen LogP contribution in [-0.2, 0) is 9.47 Å². The zero-order valence-corrected chi connectivity index (χ0v) is 15.0. The minimum Gasteiger partial charge on any atom is -0.382 e. The first-order chi connectivity index (χ1) is 12.3. The van der Waals surface area contributed by atoms with Crippen molar-refractivity contribution in [1.29, 1.82) is 0 Å². The Bertz CT molecular complexity index is 618. The van der Waals surface area contributed by atoms with Gasteiger partial charge in [0.15, 0.2) is 0 Å². The third kappa shape index (κ3) is 8.04. The van der Waals surface area contributed by atoms with Gasteiger partial charge in [0, 0.05) is 42.8 Å². The Kier molecular flexibility index (Phi) is 8.85. The molecule has 2 aliphatic rings. The molecule has 1 aliphatic heterocycles. The molecule has 2 rings (SSSR count). The molecule has 25 heavy (non-hydrogen) atoms. The molecule has 0 amide bonds. The van der Waals surface area contributed by atoms with Gasteiger partial charge >= 0.3 is 0 Å². The quantitative estimate of drug-likeness (QED) is 0.500. The highest BCUT2D eigenvalue weighted by Gasteiger charge is 2.07. The first kappa shape index (κ1) is 19.3. The SMILES string of the molecule is C=C1C=C(C#CC2=CCC(OCCNCCCOCC)C=C2)C=CN1. The van der Waals surface area contributed by atoms with E-state index in [2.05, 4.69) is 41.2 Å². The molecule has 0 aromatic heterocycles. The molecule has 0 saturated heterocycles. The first-order valence-corrected chi connectivity index (χ1v) is 8.92. The average molecular weight is 340 g/mol. The number of rotatable bonds is 9. The van der Waals surface area contributed by atoms with Gasteiger partial charge in [0.25, 0.3) is 0 Å². The van der Waals surface area contributed by atoms with E-state index >= 15 is 0 Å². The van der Waals surface area contributed by atoms with E-state index in [-0.39, 0.29) is 6.10 Å². The van der Waals surface area contributed by atoms with E-state index in [0.717, 1.165) is 56.0 Å². The Morgan fingerprint density at radius 2 is 2.12 bits per heavy atom. The summed E-state index contributed by atoms with van der Waals surface area (Å²) in [5.41, 5.74) is 2.86. The van der Waals surface area contributed by atoms with E-state index in [0.29, 0.717) is 6.61 Å². The minimum absolute atomic E-state index is 0.147. The summed E-state index contributed by atoms with van der Waals surface area (Å²) in [6.07, 6.45) is 14.1. The Morgan fingerprint density at radius 1 is 1.24 bits per heavy atom. The van der Waals surface area contributed by atoms with Crippen molar-refractivity contribution in [2.45, 2.75) is 25.9 Å². The maximum Gasteiger partial charge on any atom is 0.0794 e. The summed E-state index contributed by atoms with van der Waals surface area (Å²) >= 11 is 0. The molecule has 0 spiro atoms. The molecule has 0 radical (unpaired) electrons. The molecule has 0 bridgehead atoms. The highest BCUT2D eigenvalue weighted by atomic mass is 16.5. The van der Waals surface area contributed by atoms with E-state index in [1.165, 1.54) is 0 Å². The summed E-state index contributed by atoms with van der Waals surface area (Å²) in [5.74, 6) is 6.35. The third-order valence-electron chi connectivity index (χ3n) is 3.73. The molecule has 134 valence electrons. The standard InChI is InChI=1S/C21H28N2O2/c1-3-24-15-4-12-22-14-16-25-21-9-7-19(8-10-21)5-6-20-11-13-23-18(2)17-20/h7-9,11,13,17,21-23H,2-4,10,12,14-16H2,1H3. The number of ether oxygens (including phenoxy) is 2. The van der Waals surface area contributed by atoms with Crippen LogP contribution in [0.2, 0.25) is 0 Å². The lowest BCUT2D eigenvalue weighted by Crippen LogP contribution is -2.24. The predicted octanol–water partition coefficient (Wildman–Crippen LogP) is 2.83. The number of nitrogens with one attached hydrogen (secondary N) is 2. The molecule has 4 heteroatoms. The van der Waals surface area contributed by atoms with Crippen molar-refractivity contribution in [2.75, 3.05) is 32.9 Å². The molecule has 0 aromatic rings. The molecular formula is C21H28N2O2. The van der Waals surface area contributed by atoms with Gasteiger partial charge in [-0.25, -0.2) is 0 Å². The fourth-order valence-corrected chi connectivity index (χ4v) is 2.41. The van der Waals surface area contributed by atoms with Crippen LogP contribution in [0, 0.1) is 11.8 Å². The molecule has 0 aromatic carbocycles. The van der Waals surface area contributed by atoms with Crippen molar-refractivity contribution in [3.63, 3.8) is 0 Å². The van der Waals surface area contributed by atoms with Crippen molar-refractivity contribution >= 4 is 0 Å². The normalized spacial score (nSPS) is 18.9. The molecule has 2 N–H and O–H groups in total. The molecule has 0 fully saturated rings. The second-order valence-corrected chi connectivity index (χ2v) is 5.82. The second-order valence-electron chi connectivity index (χ2n) is 5.82. The molecule has 4 nitrogen and oxygen atoms in total. The largest absolute Gasteiger partial charge is 0.382 e. The monoisotopic (exact) mass is 340 g/mol. The molecule has 1 atom stereocenters. The van der Waals surface area contributed by atoms with E-state index in [9.17, 15) is 0 Å². The van der Waals surface area contributed by atoms with Crippen molar-refractivity contribution in [1.82, 2.24) is 10.6 Å². The van der Waals surface area contributed by atoms with Crippen LogP contribution < -0.4 is 10.6 Å². The Labute approximate surface area is 151 Å². The minimum atomic E-state index is 0.147. The summed E-state index contributed by atoms with van der Waals surface area (Å²) in [4.78, 5) is 0. The smallest absolute Gasteiger partial charge is 0.0794 e. The predicted molar refractivity (Wildman–Crippen MR) is 103 cm³/mol. The molecule has 0 saturated carbocycles. The van der Waals surface area contributed by atoms with Gasteiger partial charge in [0.1, 0.15) is 0 Å². The van der Waals surface area contributed by atoms with Gasteiger partial charge in [-0.05, 0) is 44.5 Å². The van der Waals surface area contributed by atoms with Crippen molar-refractivity contribution < 1.29 is 9.47 Å². The van der Waals surface area contributed by atoms with Crippen LogP contribution in [0.15, 0.2) is 60.0 Å². The van der Waals surface area contributed by atoms with E-state index in [1.54, 1.807) is 0 Å². The summed E-state index contributed by atoms with van der Waals surface area (Å²) in [5, 5.41) is 6.38. The lowest BCUT2D eigenvalue weighted by Gasteiger charge is -2.15. The van der Waals surface area contributed by atoms with Crippen LogP contribution in [0.3, 0.4) is 0 Å². The number of dihydropyridines is 1. The Hall–Kier alpha value is -2.06. The molecule has 1 unspecified atom stereocenters. The lowest BCUT2D eigenvalue weighted by molar-refractivity contribution is 0.0874. The van der Waals surface area contributed by atoms with Crippen LogP contribution in [0.1, 0.15) is 19.8 Å². The lowest BCUT2D eigenvalue weighted by atomic mass is 10.0. The van der Waals surface area contributed by atoms with Gasteiger partial charge in [-0.15, -0.1) is 0 Å². The first-order valence-electron chi connectivity index (χ1n) is 8.92. The van der Waals surface area contributed by atoms with E-state index < -0.39 is 0 Å². The molecule has 1 heterocycles. The highest BCUT2D eigenvalue weighted by Crippen LogP contribution is 2.13. The Balaban J connectivity index is 1.60. The summed E-state index contributed by atoms with van der Waals surface area (Å²) in [7, 11) is 0. The fraction of sp³-hybridized carbons (Fsp3) is 0.429. The van der Waals surface area contributed by atoms with Gasteiger partial charge in [-0.2, -0.15) is 0 Å². The zero-order valence-electron chi connectivity index (χ0n) is 15.0. The van der Waals surface area contributed by atoms with Crippen molar-refractivity contribution in [3.05, 3.63) is 60.0 Å². The van der Waals surface area contributed by atoms with Crippen LogP contribution in [0.5, 0.6) is 0 Å². The Morgan fingerprint density at radius 3 is 2.88 bits per heavy atom. The zero-order chi connectivity index (χ0) is 17.7. The number of hydrogen-bond acceptors (Lipinski definition) is 4. The van der Waals surface area contributed by atoms with Crippen LogP contribution in [-0.4, -0.2) is 39.0 Å². The van der Waals surface area contributed by atoms with Crippen molar-refractivity contribution in [2.24, 2.45) is 0 Å². The summed E-state index contributed by atoms with van der Waals surface area (Å²) < 4.78 is 11.1. The van der Waals surface area contributed by atoms with Gasteiger partial charge in [0.05, 0.1) is 12.7 Å². The van der Waals surface area contributed by atoms with Crippen LogP contribution >= 0.6 is 0 Å². The number of allylic oxidation sites excluding steroid dienone is 5. The molecular weight excluding hydrogens is 312 g/mol. The molecule has 1 aliphatic carbocycles. The van der Waals surface area contributed by atoms with E-state index in [4.69, 9.17) is 9.47 Å². The second kappa shape index (κ2) is 11.5. The van der Waals surface area contributed by atoms with E-state index in [1.807, 2.05) is 31.4 Å². The maximum absolute atomic E-state index is 5.85. The maximum atomic E-state index is 5.85. The average Bonchev–Trinajstić information content (AvgIpc) is 2.63. The van der Waals surface area contributed by atoms with Gasteiger partial charge in [-0.3, -0.25) is 0 Å².